The number of ether oxygens (including phenoxy) is 5. The number of carbonyl (C=O) groups is 3. The molecule has 0 aliphatic heterocycles. The molecule has 0 atom stereocenters. The minimum atomic E-state index is -0.892. The maximum Gasteiger partial charge on any atom is 0.348 e. The molecule has 0 N–H and O–H groups in total. The molecule has 1 heterocycles. The summed E-state index contributed by atoms with van der Waals surface area (Å²) in [6.45, 7) is 3.51. The molecule has 3 rings (SSSR count). The molecule has 0 saturated heterocycles. The molecule has 0 saturated carbocycles. The van der Waals surface area contributed by atoms with E-state index < -0.39 is 23.5 Å². The van der Waals surface area contributed by atoms with Crippen molar-refractivity contribution in [1.82, 2.24) is 0 Å². The Morgan fingerprint density at radius 1 is 0.742 bits per heavy atom. The maximum atomic E-state index is 12.9. The molecule has 0 unspecified atom stereocenters. The van der Waals surface area contributed by atoms with Crippen LogP contribution in [0.25, 0.3) is 21.7 Å². The fraction of sp³-hybridized carbons (Fsp3) is 0.238. The molecule has 2 aromatic carbocycles. The fourth-order valence-corrected chi connectivity index (χ4v) is 3.07. The van der Waals surface area contributed by atoms with Gasteiger partial charge in [-0.2, -0.15) is 0 Å². The Labute approximate surface area is 175 Å². The van der Waals surface area contributed by atoms with Gasteiger partial charge in [0.15, 0.2) is 11.3 Å². The Bertz CT molecular complexity index is 1290. The first-order valence-electron chi connectivity index (χ1n) is 8.91. The van der Waals surface area contributed by atoms with Crippen LogP contribution in [0, 0.1) is 0 Å². The average Bonchev–Trinajstić information content (AvgIpc) is 2.67. The van der Waals surface area contributed by atoms with E-state index in [0.717, 1.165) is 6.92 Å². The first kappa shape index (κ1) is 21.6. The number of benzene rings is 2. The van der Waals surface area contributed by atoms with E-state index in [-0.39, 0.29) is 50.5 Å². The zero-order valence-electron chi connectivity index (χ0n) is 17.3. The number of esters is 3. The van der Waals surface area contributed by atoms with Crippen LogP contribution in [-0.4, -0.2) is 32.1 Å². The second-order valence-electron chi connectivity index (χ2n) is 6.33. The van der Waals surface area contributed by atoms with Crippen LogP contribution in [0.5, 0.6) is 28.7 Å². The van der Waals surface area contributed by atoms with Gasteiger partial charge in [0, 0.05) is 38.3 Å². The molecule has 10 nitrogen and oxygen atoms in total. The Balaban J connectivity index is 2.60. The highest BCUT2D eigenvalue weighted by Crippen LogP contribution is 2.45. The molecule has 0 aliphatic carbocycles. The molecule has 1 aromatic heterocycles. The predicted octanol–water partition coefficient (Wildman–Crippen LogP) is 2.74. The SMILES string of the molecule is COc1cc(OC(C)=O)c2c(=O)oc3c(OC(C)=O)c(OC)cc(OC(C)=O)c3c2c1. The van der Waals surface area contributed by atoms with Crippen molar-refractivity contribution in [2.75, 3.05) is 14.2 Å². The summed E-state index contributed by atoms with van der Waals surface area (Å²) in [5.41, 5.74) is -1.10. The van der Waals surface area contributed by atoms with Crippen molar-refractivity contribution >= 4 is 39.6 Å². The second-order valence-corrected chi connectivity index (χ2v) is 6.33. The van der Waals surface area contributed by atoms with Crippen molar-refractivity contribution in [3.05, 3.63) is 28.6 Å². The summed E-state index contributed by atoms with van der Waals surface area (Å²) in [5, 5.41) is 0.180. The molecule has 3 aromatic rings. The number of hydrogen-bond donors (Lipinski definition) is 0. The Morgan fingerprint density at radius 2 is 1.32 bits per heavy atom. The van der Waals surface area contributed by atoms with Gasteiger partial charge in [-0.1, -0.05) is 0 Å². The van der Waals surface area contributed by atoms with E-state index in [4.69, 9.17) is 28.1 Å². The molecule has 10 heteroatoms. The Hall–Kier alpha value is -4.08. The number of hydrogen-bond acceptors (Lipinski definition) is 10. The number of methoxy groups -OCH3 is 2. The van der Waals surface area contributed by atoms with Crippen molar-refractivity contribution in [3.8, 4) is 28.7 Å². The van der Waals surface area contributed by atoms with Crippen LogP contribution in [0.1, 0.15) is 20.8 Å². The van der Waals surface area contributed by atoms with Gasteiger partial charge in [-0.25, -0.2) is 4.79 Å². The van der Waals surface area contributed by atoms with E-state index in [9.17, 15) is 19.2 Å². The van der Waals surface area contributed by atoms with Gasteiger partial charge in [-0.3, -0.25) is 14.4 Å². The second kappa shape index (κ2) is 8.34. The molecule has 0 spiro atoms. The third-order valence-corrected chi connectivity index (χ3v) is 4.12. The summed E-state index contributed by atoms with van der Waals surface area (Å²) in [4.78, 5) is 47.8. The lowest BCUT2D eigenvalue weighted by Gasteiger charge is -2.16. The predicted molar refractivity (Wildman–Crippen MR) is 107 cm³/mol. The van der Waals surface area contributed by atoms with Crippen LogP contribution in [0.3, 0.4) is 0 Å². The summed E-state index contributed by atoms with van der Waals surface area (Å²) < 4.78 is 31.6. The van der Waals surface area contributed by atoms with E-state index in [1.54, 1.807) is 0 Å². The van der Waals surface area contributed by atoms with Gasteiger partial charge in [0.1, 0.15) is 22.6 Å². The molecular weight excluding hydrogens is 412 g/mol. The number of carbonyl (C=O) groups excluding carboxylic acids is 3. The van der Waals surface area contributed by atoms with Crippen LogP contribution < -0.4 is 29.3 Å². The third-order valence-electron chi connectivity index (χ3n) is 4.12. The molecule has 31 heavy (non-hydrogen) atoms. The third kappa shape index (κ3) is 4.13. The molecule has 162 valence electrons. The molecule has 0 radical (unpaired) electrons. The van der Waals surface area contributed by atoms with Gasteiger partial charge in [0.2, 0.25) is 5.75 Å². The highest BCUT2D eigenvalue weighted by atomic mass is 16.6. The zero-order valence-corrected chi connectivity index (χ0v) is 17.3. The summed E-state index contributed by atoms with van der Waals surface area (Å²) in [5.74, 6) is -2.14. The van der Waals surface area contributed by atoms with Gasteiger partial charge in [0.25, 0.3) is 0 Å². The van der Waals surface area contributed by atoms with Crippen LogP contribution in [0.2, 0.25) is 0 Å². The smallest absolute Gasteiger partial charge is 0.348 e. The quantitative estimate of drug-likeness (QED) is 0.258. The molecule has 0 amide bonds. The highest BCUT2D eigenvalue weighted by molar-refractivity contribution is 6.13. The largest absolute Gasteiger partial charge is 0.497 e. The minimum absolute atomic E-state index is 0.00967. The van der Waals surface area contributed by atoms with Crippen molar-refractivity contribution in [1.29, 1.82) is 0 Å². The van der Waals surface area contributed by atoms with Crippen LogP contribution >= 0.6 is 0 Å². The first-order valence-corrected chi connectivity index (χ1v) is 8.91. The van der Waals surface area contributed by atoms with Crippen molar-refractivity contribution in [2.45, 2.75) is 20.8 Å². The summed E-state index contributed by atoms with van der Waals surface area (Å²) >= 11 is 0. The number of fused-ring (bicyclic) bond motifs is 3. The molecular formula is C21H18O10. The standard InChI is InChI=1S/C21H18O10/c1-9(22)28-14-7-12(26-4)6-13-17-15(29-10(2)23)8-16(27-5)19(30-11(3)24)20(17)31-21(25)18(13)14/h6-8H,1-5H3. The van der Waals surface area contributed by atoms with Gasteiger partial charge >= 0.3 is 23.5 Å². The molecule has 0 bridgehead atoms. The zero-order chi connectivity index (χ0) is 22.9. The van der Waals surface area contributed by atoms with Crippen molar-refractivity contribution in [2.24, 2.45) is 0 Å². The Morgan fingerprint density at radius 3 is 1.84 bits per heavy atom. The lowest BCUT2D eigenvalue weighted by Crippen LogP contribution is -2.11. The van der Waals surface area contributed by atoms with E-state index >= 15 is 0 Å². The summed E-state index contributed by atoms with van der Waals surface area (Å²) in [6, 6.07) is 4.12. The Kier molecular flexibility index (Phi) is 5.82. The van der Waals surface area contributed by atoms with E-state index in [0.29, 0.717) is 0 Å². The van der Waals surface area contributed by atoms with Gasteiger partial charge < -0.3 is 28.1 Å². The monoisotopic (exact) mass is 430 g/mol. The normalized spacial score (nSPS) is 10.6. The molecule has 0 aliphatic rings. The van der Waals surface area contributed by atoms with Crippen LogP contribution in [-0.2, 0) is 14.4 Å². The average molecular weight is 430 g/mol. The lowest BCUT2D eigenvalue weighted by atomic mass is 10.0. The lowest BCUT2D eigenvalue weighted by molar-refractivity contribution is -0.133. The van der Waals surface area contributed by atoms with Gasteiger partial charge in [0.05, 0.1) is 19.6 Å². The van der Waals surface area contributed by atoms with Crippen LogP contribution in [0.4, 0.5) is 0 Å². The highest BCUT2D eigenvalue weighted by Gasteiger charge is 2.25. The van der Waals surface area contributed by atoms with Crippen molar-refractivity contribution in [3.63, 3.8) is 0 Å². The fourth-order valence-electron chi connectivity index (χ4n) is 3.07. The van der Waals surface area contributed by atoms with Crippen LogP contribution in [0.15, 0.2) is 27.4 Å². The van der Waals surface area contributed by atoms with Crippen molar-refractivity contribution < 1.29 is 42.5 Å². The molecule has 0 fully saturated rings. The maximum absolute atomic E-state index is 12.9. The van der Waals surface area contributed by atoms with Gasteiger partial charge in [-0.05, 0) is 6.07 Å². The van der Waals surface area contributed by atoms with E-state index in [1.807, 2.05) is 0 Å². The van der Waals surface area contributed by atoms with E-state index in [2.05, 4.69) is 0 Å². The topological polar surface area (TPSA) is 128 Å². The van der Waals surface area contributed by atoms with Gasteiger partial charge in [-0.15, -0.1) is 0 Å². The minimum Gasteiger partial charge on any atom is -0.497 e. The summed E-state index contributed by atoms with van der Waals surface area (Å²) in [7, 11) is 2.68. The first-order chi connectivity index (χ1) is 14.7. The van der Waals surface area contributed by atoms with E-state index in [1.165, 1.54) is 46.3 Å². The summed E-state index contributed by atoms with van der Waals surface area (Å²) in [6.07, 6.45) is 0. The number of rotatable bonds is 5.